The second-order valence-electron chi connectivity index (χ2n) is 6.83. The zero-order chi connectivity index (χ0) is 12.4. The lowest BCUT2D eigenvalue weighted by Gasteiger charge is -2.55. The Morgan fingerprint density at radius 2 is 1.67 bits per heavy atom. The Balaban J connectivity index is 1.44. The Hall–Kier alpha value is -0.120. The van der Waals surface area contributed by atoms with Gasteiger partial charge in [0.05, 0.1) is 0 Å². The van der Waals surface area contributed by atoms with Gasteiger partial charge in [0.15, 0.2) is 0 Å². The van der Waals surface area contributed by atoms with E-state index in [0.717, 1.165) is 19.1 Å². The normalized spacial score (nSPS) is 30.5. The summed E-state index contributed by atoms with van der Waals surface area (Å²) in [5.74, 6) is 0. The molecule has 3 nitrogen and oxygen atoms in total. The molecule has 1 saturated carbocycles. The van der Waals surface area contributed by atoms with E-state index >= 15 is 0 Å². The van der Waals surface area contributed by atoms with Gasteiger partial charge in [-0.25, -0.2) is 0 Å². The van der Waals surface area contributed by atoms with Crippen LogP contribution >= 0.6 is 0 Å². The minimum absolute atomic E-state index is 0.681. The number of likely N-dealkylation sites (tertiary alicyclic amines) is 2. The standard InChI is InChI=1S/C15H29N3/c16-8-11-17-12-15(13-17)6-9-18(10-7-15)14-4-2-1-3-5-14/h14H,1-13,16H2. The van der Waals surface area contributed by atoms with Crippen molar-refractivity contribution >= 4 is 0 Å². The molecule has 0 radical (unpaired) electrons. The third-order valence-electron chi connectivity index (χ3n) is 5.51. The highest BCUT2D eigenvalue weighted by Crippen LogP contribution is 2.41. The van der Waals surface area contributed by atoms with Crippen LogP contribution in [-0.2, 0) is 0 Å². The maximum atomic E-state index is 5.63. The highest BCUT2D eigenvalue weighted by atomic mass is 15.2. The molecule has 0 unspecified atom stereocenters. The van der Waals surface area contributed by atoms with Gasteiger partial charge in [-0.15, -0.1) is 0 Å². The van der Waals surface area contributed by atoms with Crippen LogP contribution in [0.5, 0.6) is 0 Å². The smallest absolute Gasteiger partial charge is 0.0105 e. The minimum Gasteiger partial charge on any atom is -0.329 e. The first-order chi connectivity index (χ1) is 8.81. The first-order valence-electron chi connectivity index (χ1n) is 7.98. The summed E-state index contributed by atoms with van der Waals surface area (Å²) in [6.45, 7) is 7.30. The molecule has 2 N–H and O–H groups in total. The molecule has 0 amide bonds. The van der Waals surface area contributed by atoms with Crippen LogP contribution in [-0.4, -0.2) is 55.1 Å². The zero-order valence-electron chi connectivity index (χ0n) is 11.7. The first kappa shape index (κ1) is 12.9. The summed E-state index contributed by atoms with van der Waals surface area (Å²) in [6, 6.07) is 0.927. The van der Waals surface area contributed by atoms with Crippen molar-refractivity contribution in [3.63, 3.8) is 0 Å². The van der Waals surface area contributed by atoms with Gasteiger partial charge in [-0.1, -0.05) is 19.3 Å². The van der Waals surface area contributed by atoms with Gasteiger partial charge in [0.25, 0.3) is 0 Å². The topological polar surface area (TPSA) is 32.5 Å². The molecule has 18 heavy (non-hydrogen) atoms. The maximum absolute atomic E-state index is 5.63. The van der Waals surface area contributed by atoms with Crippen molar-refractivity contribution in [2.75, 3.05) is 39.3 Å². The predicted molar refractivity (Wildman–Crippen MR) is 75.6 cm³/mol. The van der Waals surface area contributed by atoms with Crippen molar-refractivity contribution < 1.29 is 0 Å². The minimum atomic E-state index is 0.681. The van der Waals surface area contributed by atoms with Gasteiger partial charge in [-0.05, 0) is 44.2 Å². The molecule has 3 heteroatoms. The lowest BCUT2D eigenvalue weighted by molar-refractivity contribution is -0.0545. The molecule has 2 heterocycles. The van der Waals surface area contributed by atoms with Gasteiger partial charge in [-0.2, -0.15) is 0 Å². The van der Waals surface area contributed by atoms with Crippen LogP contribution < -0.4 is 5.73 Å². The molecule has 0 aromatic rings. The van der Waals surface area contributed by atoms with Gasteiger partial charge in [0.1, 0.15) is 0 Å². The Morgan fingerprint density at radius 3 is 2.28 bits per heavy atom. The van der Waals surface area contributed by atoms with E-state index in [1.165, 1.54) is 71.1 Å². The molecule has 0 aromatic carbocycles. The van der Waals surface area contributed by atoms with E-state index in [1.807, 2.05) is 0 Å². The Morgan fingerprint density at radius 1 is 1.00 bits per heavy atom. The number of piperidine rings is 1. The number of nitrogens with zero attached hydrogens (tertiary/aromatic N) is 2. The van der Waals surface area contributed by atoms with Crippen LogP contribution in [0.2, 0.25) is 0 Å². The van der Waals surface area contributed by atoms with Crippen LogP contribution in [0.25, 0.3) is 0 Å². The van der Waals surface area contributed by atoms with Crippen molar-refractivity contribution in [3.05, 3.63) is 0 Å². The fourth-order valence-electron chi connectivity index (χ4n) is 4.37. The largest absolute Gasteiger partial charge is 0.329 e. The highest BCUT2D eigenvalue weighted by Gasteiger charge is 2.44. The number of nitrogens with two attached hydrogens (primary N) is 1. The fraction of sp³-hybridized carbons (Fsp3) is 1.00. The fourth-order valence-corrected chi connectivity index (χ4v) is 4.37. The molecule has 1 aliphatic carbocycles. The maximum Gasteiger partial charge on any atom is 0.0105 e. The third-order valence-corrected chi connectivity index (χ3v) is 5.51. The monoisotopic (exact) mass is 251 g/mol. The quantitative estimate of drug-likeness (QED) is 0.828. The van der Waals surface area contributed by atoms with Crippen LogP contribution in [0.3, 0.4) is 0 Å². The zero-order valence-corrected chi connectivity index (χ0v) is 11.7. The molecule has 0 aromatic heterocycles. The summed E-state index contributed by atoms with van der Waals surface area (Å²) < 4.78 is 0. The Labute approximate surface area is 112 Å². The van der Waals surface area contributed by atoms with Crippen molar-refractivity contribution in [3.8, 4) is 0 Å². The molecule has 2 saturated heterocycles. The van der Waals surface area contributed by atoms with E-state index in [-0.39, 0.29) is 0 Å². The number of hydrogen-bond donors (Lipinski definition) is 1. The summed E-state index contributed by atoms with van der Waals surface area (Å²) in [7, 11) is 0. The Kier molecular flexibility index (Phi) is 3.92. The van der Waals surface area contributed by atoms with Crippen LogP contribution in [0, 0.1) is 5.41 Å². The molecular formula is C15H29N3. The van der Waals surface area contributed by atoms with Gasteiger partial charge in [0, 0.05) is 32.2 Å². The van der Waals surface area contributed by atoms with Crippen LogP contribution in [0.4, 0.5) is 0 Å². The van der Waals surface area contributed by atoms with Crippen LogP contribution in [0.15, 0.2) is 0 Å². The van der Waals surface area contributed by atoms with Crippen LogP contribution in [0.1, 0.15) is 44.9 Å². The second kappa shape index (κ2) is 5.48. The van der Waals surface area contributed by atoms with Gasteiger partial charge in [0.2, 0.25) is 0 Å². The summed E-state index contributed by atoms with van der Waals surface area (Å²) in [6.07, 6.45) is 10.2. The van der Waals surface area contributed by atoms with E-state index in [9.17, 15) is 0 Å². The average molecular weight is 251 g/mol. The molecule has 3 aliphatic rings. The molecule has 104 valence electrons. The average Bonchev–Trinajstić information content (AvgIpc) is 2.39. The number of hydrogen-bond acceptors (Lipinski definition) is 3. The summed E-state index contributed by atoms with van der Waals surface area (Å²) in [4.78, 5) is 5.34. The molecule has 1 spiro atoms. The highest BCUT2D eigenvalue weighted by molar-refractivity contribution is 4.99. The number of rotatable bonds is 3. The van der Waals surface area contributed by atoms with E-state index in [0.29, 0.717) is 5.41 Å². The van der Waals surface area contributed by atoms with Crippen molar-refractivity contribution in [2.24, 2.45) is 11.1 Å². The van der Waals surface area contributed by atoms with Gasteiger partial charge < -0.3 is 15.5 Å². The summed E-state index contributed by atoms with van der Waals surface area (Å²) in [5, 5.41) is 0. The van der Waals surface area contributed by atoms with Gasteiger partial charge in [-0.3, -0.25) is 0 Å². The lowest BCUT2D eigenvalue weighted by Crippen LogP contribution is -2.61. The molecular weight excluding hydrogens is 222 g/mol. The lowest BCUT2D eigenvalue weighted by atomic mass is 9.71. The molecule has 0 atom stereocenters. The second-order valence-corrected chi connectivity index (χ2v) is 6.83. The molecule has 3 fully saturated rings. The first-order valence-corrected chi connectivity index (χ1v) is 7.98. The van der Waals surface area contributed by atoms with E-state index in [2.05, 4.69) is 9.80 Å². The SMILES string of the molecule is NCCN1CC2(CCN(C3CCCCC3)CC2)C1. The van der Waals surface area contributed by atoms with E-state index in [4.69, 9.17) is 5.73 Å². The van der Waals surface area contributed by atoms with Crippen molar-refractivity contribution in [1.82, 2.24) is 9.80 Å². The molecule has 0 bridgehead atoms. The third kappa shape index (κ3) is 2.59. The molecule has 3 rings (SSSR count). The predicted octanol–water partition coefficient (Wildman–Crippen LogP) is 1.68. The summed E-state index contributed by atoms with van der Waals surface area (Å²) in [5.41, 5.74) is 6.31. The van der Waals surface area contributed by atoms with Crippen molar-refractivity contribution in [1.29, 1.82) is 0 Å². The van der Waals surface area contributed by atoms with E-state index < -0.39 is 0 Å². The van der Waals surface area contributed by atoms with E-state index in [1.54, 1.807) is 0 Å². The molecule has 2 aliphatic heterocycles. The van der Waals surface area contributed by atoms with Crippen molar-refractivity contribution in [2.45, 2.75) is 51.0 Å². The Bertz CT molecular complexity index is 257. The van der Waals surface area contributed by atoms with Gasteiger partial charge >= 0.3 is 0 Å². The summed E-state index contributed by atoms with van der Waals surface area (Å²) >= 11 is 0.